The summed E-state index contributed by atoms with van der Waals surface area (Å²) in [7, 11) is 0. The van der Waals surface area contributed by atoms with Crippen LogP contribution in [0.5, 0.6) is 0 Å². The smallest absolute Gasteiger partial charge is 0.230 e. The van der Waals surface area contributed by atoms with Crippen LogP contribution >= 0.6 is 11.6 Å². The Kier molecular flexibility index (Phi) is 4.40. The third-order valence-electron chi connectivity index (χ3n) is 4.10. The van der Waals surface area contributed by atoms with Gasteiger partial charge in [-0.3, -0.25) is 4.79 Å². The first-order valence-electron chi connectivity index (χ1n) is 7.05. The number of amides is 1. The van der Waals surface area contributed by atoms with Crippen LogP contribution in [0.25, 0.3) is 0 Å². The standard InChI is InChI=1S/C16H22ClNO2/c1-15(2,9-10-19)11-18-14(20)16(7-8-16)12-3-5-13(17)6-4-12/h3-6,19H,7-11H2,1-2H3,(H,18,20). The van der Waals surface area contributed by atoms with Crippen LogP contribution in [0.3, 0.4) is 0 Å². The van der Waals surface area contributed by atoms with E-state index < -0.39 is 0 Å². The van der Waals surface area contributed by atoms with Gasteiger partial charge in [0.05, 0.1) is 5.41 Å². The number of rotatable bonds is 6. The molecule has 1 aromatic carbocycles. The molecule has 1 aliphatic rings. The molecule has 0 saturated heterocycles. The van der Waals surface area contributed by atoms with Gasteiger partial charge in [0.15, 0.2) is 0 Å². The Morgan fingerprint density at radius 1 is 1.35 bits per heavy atom. The number of aliphatic hydroxyl groups excluding tert-OH is 1. The van der Waals surface area contributed by atoms with Gasteiger partial charge >= 0.3 is 0 Å². The van der Waals surface area contributed by atoms with Crippen LogP contribution in [-0.2, 0) is 10.2 Å². The summed E-state index contributed by atoms with van der Waals surface area (Å²) in [5, 5.41) is 12.7. The zero-order valence-electron chi connectivity index (χ0n) is 12.1. The summed E-state index contributed by atoms with van der Waals surface area (Å²) < 4.78 is 0. The van der Waals surface area contributed by atoms with Crippen molar-refractivity contribution in [2.75, 3.05) is 13.2 Å². The highest BCUT2D eigenvalue weighted by atomic mass is 35.5. The Balaban J connectivity index is 2.00. The summed E-state index contributed by atoms with van der Waals surface area (Å²) in [6.07, 6.45) is 2.46. The highest BCUT2D eigenvalue weighted by Crippen LogP contribution is 2.48. The van der Waals surface area contributed by atoms with Crippen molar-refractivity contribution in [3.63, 3.8) is 0 Å². The quantitative estimate of drug-likeness (QED) is 0.848. The summed E-state index contributed by atoms with van der Waals surface area (Å²) in [6, 6.07) is 7.54. The van der Waals surface area contributed by atoms with Crippen LogP contribution in [0.1, 0.15) is 38.7 Å². The first kappa shape index (κ1) is 15.3. The molecule has 1 amide bonds. The molecule has 1 aromatic rings. The van der Waals surface area contributed by atoms with Crippen LogP contribution in [0.2, 0.25) is 5.02 Å². The number of carbonyl (C=O) groups excluding carboxylic acids is 1. The lowest BCUT2D eigenvalue weighted by Crippen LogP contribution is -2.40. The van der Waals surface area contributed by atoms with E-state index in [9.17, 15) is 4.79 Å². The molecule has 2 N–H and O–H groups in total. The minimum Gasteiger partial charge on any atom is -0.396 e. The maximum atomic E-state index is 12.5. The van der Waals surface area contributed by atoms with Crippen LogP contribution in [-0.4, -0.2) is 24.2 Å². The van der Waals surface area contributed by atoms with Crippen molar-refractivity contribution in [3.05, 3.63) is 34.9 Å². The van der Waals surface area contributed by atoms with Gasteiger partial charge in [-0.05, 0) is 42.4 Å². The van der Waals surface area contributed by atoms with Crippen molar-refractivity contribution >= 4 is 17.5 Å². The maximum Gasteiger partial charge on any atom is 0.230 e. The van der Waals surface area contributed by atoms with E-state index in [2.05, 4.69) is 5.32 Å². The van der Waals surface area contributed by atoms with Gasteiger partial charge in [-0.25, -0.2) is 0 Å². The molecule has 0 unspecified atom stereocenters. The fourth-order valence-corrected chi connectivity index (χ4v) is 2.55. The van der Waals surface area contributed by atoms with Gasteiger partial charge in [0, 0.05) is 18.2 Å². The predicted octanol–water partition coefficient (Wildman–Crippen LogP) is 2.90. The van der Waals surface area contributed by atoms with Crippen molar-refractivity contribution < 1.29 is 9.90 Å². The van der Waals surface area contributed by atoms with Crippen molar-refractivity contribution in [2.45, 2.75) is 38.5 Å². The summed E-state index contributed by atoms with van der Waals surface area (Å²) >= 11 is 5.89. The molecule has 1 fully saturated rings. The van der Waals surface area contributed by atoms with E-state index in [4.69, 9.17) is 16.7 Å². The molecule has 4 heteroatoms. The SMILES string of the molecule is CC(C)(CCO)CNC(=O)C1(c2ccc(Cl)cc2)CC1. The van der Waals surface area contributed by atoms with Crippen molar-refractivity contribution in [3.8, 4) is 0 Å². The van der Waals surface area contributed by atoms with Gasteiger partial charge in [-0.15, -0.1) is 0 Å². The molecule has 3 nitrogen and oxygen atoms in total. The number of carbonyl (C=O) groups is 1. The topological polar surface area (TPSA) is 49.3 Å². The average molecular weight is 296 g/mol. The van der Waals surface area contributed by atoms with Crippen LogP contribution in [0.15, 0.2) is 24.3 Å². The first-order valence-corrected chi connectivity index (χ1v) is 7.43. The molecule has 1 aliphatic carbocycles. The summed E-state index contributed by atoms with van der Waals surface area (Å²) in [5.74, 6) is 0.0887. The van der Waals surface area contributed by atoms with E-state index in [-0.39, 0.29) is 23.3 Å². The third-order valence-corrected chi connectivity index (χ3v) is 4.35. The molecule has 2 rings (SSSR count). The second-order valence-electron chi connectivity index (χ2n) is 6.41. The number of halogens is 1. The molecule has 0 spiro atoms. The zero-order chi connectivity index (χ0) is 14.8. The highest BCUT2D eigenvalue weighted by molar-refractivity contribution is 6.30. The number of aliphatic hydroxyl groups is 1. The van der Waals surface area contributed by atoms with E-state index >= 15 is 0 Å². The highest BCUT2D eigenvalue weighted by Gasteiger charge is 2.51. The lowest BCUT2D eigenvalue weighted by Gasteiger charge is -2.25. The van der Waals surface area contributed by atoms with Gasteiger partial charge in [-0.1, -0.05) is 37.6 Å². The molecular formula is C16H22ClNO2. The minimum atomic E-state index is -0.361. The van der Waals surface area contributed by atoms with Gasteiger partial charge in [0.1, 0.15) is 0 Å². The van der Waals surface area contributed by atoms with Crippen LogP contribution in [0.4, 0.5) is 0 Å². The average Bonchev–Trinajstić information content (AvgIpc) is 3.18. The van der Waals surface area contributed by atoms with Crippen molar-refractivity contribution in [1.82, 2.24) is 5.32 Å². The summed E-state index contributed by atoms with van der Waals surface area (Å²) in [4.78, 5) is 12.5. The predicted molar refractivity (Wildman–Crippen MR) is 80.9 cm³/mol. The Morgan fingerprint density at radius 3 is 2.45 bits per heavy atom. The normalized spacial score (nSPS) is 16.8. The molecule has 1 saturated carbocycles. The fraction of sp³-hybridized carbons (Fsp3) is 0.562. The summed E-state index contributed by atoms with van der Waals surface area (Å²) in [6.45, 7) is 4.82. The zero-order valence-corrected chi connectivity index (χ0v) is 12.8. The number of nitrogens with one attached hydrogen (secondary N) is 1. The molecule has 110 valence electrons. The Hall–Kier alpha value is -1.06. The monoisotopic (exact) mass is 295 g/mol. The van der Waals surface area contributed by atoms with Crippen molar-refractivity contribution in [1.29, 1.82) is 0 Å². The van der Waals surface area contributed by atoms with E-state index in [0.29, 0.717) is 18.0 Å². The Morgan fingerprint density at radius 2 is 1.95 bits per heavy atom. The van der Waals surface area contributed by atoms with E-state index in [1.54, 1.807) is 0 Å². The van der Waals surface area contributed by atoms with Gasteiger partial charge in [0.25, 0.3) is 0 Å². The van der Waals surface area contributed by atoms with Gasteiger partial charge in [-0.2, -0.15) is 0 Å². The lowest BCUT2D eigenvalue weighted by molar-refractivity contribution is -0.124. The molecule has 0 atom stereocenters. The minimum absolute atomic E-state index is 0.0829. The molecular weight excluding hydrogens is 274 g/mol. The Labute approximate surface area is 125 Å². The number of benzene rings is 1. The summed E-state index contributed by atoms with van der Waals surface area (Å²) in [5.41, 5.74) is 0.597. The number of hydrogen-bond donors (Lipinski definition) is 2. The molecule has 0 aliphatic heterocycles. The van der Waals surface area contributed by atoms with Gasteiger partial charge < -0.3 is 10.4 Å². The molecule has 0 radical (unpaired) electrons. The van der Waals surface area contributed by atoms with E-state index in [1.807, 2.05) is 38.1 Å². The second kappa shape index (κ2) is 5.74. The molecule has 0 aromatic heterocycles. The van der Waals surface area contributed by atoms with Crippen LogP contribution in [0, 0.1) is 5.41 Å². The second-order valence-corrected chi connectivity index (χ2v) is 6.85. The Bertz CT molecular complexity index is 478. The van der Waals surface area contributed by atoms with Crippen molar-refractivity contribution in [2.24, 2.45) is 5.41 Å². The molecule has 0 bridgehead atoms. The fourth-order valence-electron chi connectivity index (χ4n) is 2.42. The molecule has 20 heavy (non-hydrogen) atoms. The van der Waals surface area contributed by atoms with Crippen LogP contribution < -0.4 is 5.32 Å². The van der Waals surface area contributed by atoms with E-state index in [1.165, 1.54) is 0 Å². The van der Waals surface area contributed by atoms with Gasteiger partial charge in [0.2, 0.25) is 5.91 Å². The molecule has 0 heterocycles. The first-order chi connectivity index (χ1) is 9.39. The lowest BCUT2D eigenvalue weighted by atomic mass is 9.88. The van der Waals surface area contributed by atoms with E-state index in [0.717, 1.165) is 18.4 Å². The largest absolute Gasteiger partial charge is 0.396 e. The number of hydrogen-bond acceptors (Lipinski definition) is 2. The maximum absolute atomic E-state index is 12.5. The third kappa shape index (κ3) is 3.33.